The van der Waals surface area contributed by atoms with Gasteiger partial charge in [-0.05, 0) is 30.7 Å². The maximum Gasteiger partial charge on any atom is 0.328 e. The summed E-state index contributed by atoms with van der Waals surface area (Å²) >= 11 is 0. The van der Waals surface area contributed by atoms with Crippen LogP contribution < -0.4 is 0 Å². The van der Waals surface area contributed by atoms with Crippen molar-refractivity contribution in [1.29, 1.82) is 0 Å². The van der Waals surface area contributed by atoms with Gasteiger partial charge in [-0.25, -0.2) is 9.78 Å². The van der Waals surface area contributed by atoms with Crippen LogP contribution >= 0.6 is 0 Å². The monoisotopic (exact) mass is 216 g/mol. The second-order valence-electron chi connectivity index (χ2n) is 3.45. The molecule has 4 nitrogen and oxygen atoms in total. The van der Waals surface area contributed by atoms with Gasteiger partial charge in [0, 0.05) is 12.6 Å². The Morgan fingerprint density at radius 3 is 3.06 bits per heavy atom. The van der Waals surface area contributed by atoms with Crippen LogP contribution in [-0.2, 0) is 11.3 Å². The molecule has 2 aromatic rings. The van der Waals surface area contributed by atoms with E-state index in [2.05, 4.69) is 11.9 Å². The van der Waals surface area contributed by atoms with E-state index < -0.39 is 5.97 Å². The van der Waals surface area contributed by atoms with Gasteiger partial charge in [-0.1, -0.05) is 6.07 Å². The first kappa shape index (κ1) is 10.4. The van der Waals surface area contributed by atoms with E-state index in [0.717, 1.165) is 29.2 Å². The number of benzene rings is 1. The van der Waals surface area contributed by atoms with E-state index in [0.29, 0.717) is 0 Å². The molecule has 0 fully saturated rings. The zero-order valence-electron chi connectivity index (χ0n) is 8.92. The van der Waals surface area contributed by atoms with Gasteiger partial charge < -0.3 is 9.67 Å². The molecule has 0 unspecified atom stereocenters. The predicted octanol–water partition coefficient (Wildman–Crippen LogP) is 2.15. The molecule has 0 amide bonds. The molecule has 1 aromatic carbocycles. The Bertz CT molecular complexity index is 555. The van der Waals surface area contributed by atoms with Crippen molar-refractivity contribution in [3.63, 3.8) is 0 Å². The summed E-state index contributed by atoms with van der Waals surface area (Å²) in [6.45, 7) is 2.93. The summed E-state index contributed by atoms with van der Waals surface area (Å²) < 4.78 is 2.04. The third-order valence-corrected chi connectivity index (χ3v) is 2.40. The van der Waals surface area contributed by atoms with Crippen LogP contribution in [0.5, 0.6) is 0 Å². The Morgan fingerprint density at radius 1 is 1.56 bits per heavy atom. The highest BCUT2D eigenvalue weighted by Crippen LogP contribution is 2.15. The number of aromatic nitrogens is 2. The predicted molar refractivity (Wildman–Crippen MR) is 62.1 cm³/mol. The third-order valence-electron chi connectivity index (χ3n) is 2.40. The van der Waals surface area contributed by atoms with Crippen molar-refractivity contribution in [2.24, 2.45) is 0 Å². The van der Waals surface area contributed by atoms with E-state index >= 15 is 0 Å². The number of carboxylic acid groups (broad SMARTS) is 1. The molecule has 1 N–H and O–H groups in total. The Balaban J connectivity index is 2.41. The van der Waals surface area contributed by atoms with E-state index in [1.54, 1.807) is 12.4 Å². The van der Waals surface area contributed by atoms with Crippen LogP contribution in [0, 0.1) is 0 Å². The fraction of sp³-hybridized carbons (Fsp3) is 0.167. The summed E-state index contributed by atoms with van der Waals surface area (Å²) in [4.78, 5) is 14.6. The molecular formula is C12H12N2O2. The van der Waals surface area contributed by atoms with Gasteiger partial charge in [0.25, 0.3) is 0 Å². The zero-order valence-corrected chi connectivity index (χ0v) is 8.92. The smallest absolute Gasteiger partial charge is 0.328 e. The van der Waals surface area contributed by atoms with Crippen molar-refractivity contribution in [3.05, 3.63) is 36.2 Å². The van der Waals surface area contributed by atoms with Crippen LogP contribution in [0.2, 0.25) is 0 Å². The molecule has 82 valence electrons. The molecule has 0 radical (unpaired) electrons. The highest BCUT2D eigenvalue weighted by molar-refractivity contribution is 5.86. The lowest BCUT2D eigenvalue weighted by Crippen LogP contribution is -1.90. The van der Waals surface area contributed by atoms with Crippen molar-refractivity contribution in [3.8, 4) is 0 Å². The summed E-state index contributed by atoms with van der Waals surface area (Å²) in [5.41, 5.74) is 2.79. The number of imidazole rings is 1. The maximum absolute atomic E-state index is 10.4. The standard InChI is InChI=1S/C12H12N2O2/c1-2-14-8-13-10-7-9(3-5-11(10)14)4-6-12(15)16/h3-8H,2H2,1H3,(H,15,16)/b6-4+. The summed E-state index contributed by atoms with van der Waals surface area (Å²) in [5, 5.41) is 8.52. The zero-order chi connectivity index (χ0) is 11.5. The maximum atomic E-state index is 10.4. The molecule has 1 heterocycles. The van der Waals surface area contributed by atoms with Crippen LogP contribution in [0.25, 0.3) is 17.1 Å². The number of aliphatic carboxylic acids is 1. The molecule has 0 saturated carbocycles. The van der Waals surface area contributed by atoms with Crippen LogP contribution in [0.15, 0.2) is 30.6 Å². The number of hydrogen-bond donors (Lipinski definition) is 1. The number of nitrogens with zero attached hydrogens (tertiary/aromatic N) is 2. The molecule has 1 aromatic heterocycles. The van der Waals surface area contributed by atoms with Gasteiger partial charge >= 0.3 is 5.97 Å². The van der Waals surface area contributed by atoms with Crippen LogP contribution in [0.1, 0.15) is 12.5 Å². The number of carboxylic acids is 1. The minimum absolute atomic E-state index is 0.844. The molecule has 0 aliphatic heterocycles. The molecule has 0 aliphatic carbocycles. The molecule has 0 spiro atoms. The number of carbonyl (C=O) groups is 1. The van der Waals surface area contributed by atoms with E-state index in [1.165, 1.54) is 0 Å². The fourth-order valence-electron chi connectivity index (χ4n) is 1.60. The lowest BCUT2D eigenvalue weighted by atomic mass is 10.2. The molecule has 16 heavy (non-hydrogen) atoms. The Hall–Kier alpha value is -2.10. The fourth-order valence-corrected chi connectivity index (χ4v) is 1.60. The first-order valence-corrected chi connectivity index (χ1v) is 5.06. The van der Waals surface area contributed by atoms with Gasteiger partial charge in [0.05, 0.1) is 17.4 Å². The number of fused-ring (bicyclic) bond motifs is 1. The van der Waals surface area contributed by atoms with Gasteiger partial charge in [-0.3, -0.25) is 0 Å². The largest absolute Gasteiger partial charge is 0.478 e. The van der Waals surface area contributed by atoms with Crippen LogP contribution in [0.4, 0.5) is 0 Å². The molecule has 0 atom stereocenters. The number of hydrogen-bond acceptors (Lipinski definition) is 2. The summed E-state index contributed by atoms with van der Waals surface area (Å²) in [6, 6.07) is 5.71. The first-order chi connectivity index (χ1) is 7.70. The minimum Gasteiger partial charge on any atom is -0.478 e. The molecule has 0 bridgehead atoms. The van der Waals surface area contributed by atoms with Crippen LogP contribution in [0.3, 0.4) is 0 Å². The second-order valence-corrected chi connectivity index (χ2v) is 3.45. The lowest BCUT2D eigenvalue weighted by Gasteiger charge is -1.98. The van der Waals surface area contributed by atoms with Crippen molar-refractivity contribution in [2.45, 2.75) is 13.5 Å². The van der Waals surface area contributed by atoms with Crippen molar-refractivity contribution in [2.75, 3.05) is 0 Å². The minimum atomic E-state index is -0.945. The Kier molecular flexibility index (Phi) is 2.72. The number of rotatable bonds is 3. The summed E-state index contributed by atoms with van der Waals surface area (Å²) in [5.74, 6) is -0.945. The van der Waals surface area contributed by atoms with E-state index in [4.69, 9.17) is 5.11 Å². The normalized spacial score (nSPS) is 11.3. The molecule has 0 aliphatic rings. The SMILES string of the molecule is CCn1cnc2cc(/C=C/C(=O)O)ccc21. The van der Waals surface area contributed by atoms with Gasteiger partial charge in [0.2, 0.25) is 0 Å². The van der Waals surface area contributed by atoms with Gasteiger partial charge in [0.1, 0.15) is 0 Å². The van der Waals surface area contributed by atoms with E-state index in [9.17, 15) is 4.79 Å². The molecule has 0 saturated heterocycles. The summed E-state index contributed by atoms with van der Waals surface area (Å²) in [6.07, 6.45) is 4.47. The molecule has 2 rings (SSSR count). The topological polar surface area (TPSA) is 55.1 Å². The quantitative estimate of drug-likeness (QED) is 0.800. The third kappa shape index (κ3) is 1.95. The highest BCUT2D eigenvalue weighted by atomic mass is 16.4. The average molecular weight is 216 g/mol. The second kappa shape index (κ2) is 4.18. The molecule has 4 heteroatoms. The average Bonchev–Trinajstić information content (AvgIpc) is 2.68. The van der Waals surface area contributed by atoms with Gasteiger partial charge in [-0.2, -0.15) is 0 Å². The van der Waals surface area contributed by atoms with Crippen molar-refractivity contribution < 1.29 is 9.90 Å². The first-order valence-electron chi connectivity index (χ1n) is 5.06. The molecular weight excluding hydrogens is 204 g/mol. The van der Waals surface area contributed by atoms with Crippen molar-refractivity contribution >= 4 is 23.1 Å². The van der Waals surface area contributed by atoms with Gasteiger partial charge in [0.15, 0.2) is 0 Å². The number of aryl methyl sites for hydroxylation is 1. The Morgan fingerprint density at radius 2 is 2.38 bits per heavy atom. The lowest BCUT2D eigenvalue weighted by molar-refractivity contribution is -0.131. The summed E-state index contributed by atoms with van der Waals surface area (Å²) in [7, 11) is 0. The van der Waals surface area contributed by atoms with E-state index in [-0.39, 0.29) is 0 Å². The highest BCUT2D eigenvalue weighted by Gasteiger charge is 2.00. The van der Waals surface area contributed by atoms with Crippen molar-refractivity contribution in [1.82, 2.24) is 9.55 Å². The Labute approximate surface area is 92.8 Å². The van der Waals surface area contributed by atoms with E-state index in [1.807, 2.05) is 22.8 Å². The van der Waals surface area contributed by atoms with Gasteiger partial charge in [-0.15, -0.1) is 0 Å². The van der Waals surface area contributed by atoms with Crippen LogP contribution in [-0.4, -0.2) is 20.6 Å².